The van der Waals surface area contributed by atoms with Crippen LogP contribution in [-0.4, -0.2) is 25.5 Å². The van der Waals surface area contributed by atoms with Crippen molar-refractivity contribution in [2.75, 3.05) is 19.8 Å². The lowest BCUT2D eigenvalue weighted by Crippen LogP contribution is -2.04. The van der Waals surface area contributed by atoms with E-state index in [1.165, 1.54) is 12.1 Å². The van der Waals surface area contributed by atoms with Crippen LogP contribution in [0, 0.1) is 5.82 Å². The summed E-state index contributed by atoms with van der Waals surface area (Å²) in [6, 6.07) is 3.16. The lowest BCUT2D eigenvalue weighted by molar-refractivity contribution is 0.139. The van der Waals surface area contributed by atoms with Crippen LogP contribution in [0.4, 0.5) is 4.39 Å². The van der Waals surface area contributed by atoms with E-state index >= 15 is 0 Å². The van der Waals surface area contributed by atoms with Gasteiger partial charge in [0, 0.05) is 11.6 Å². The zero-order chi connectivity index (χ0) is 21.5. The van der Waals surface area contributed by atoms with Crippen molar-refractivity contribution in [3.05, 3.63) is 34.1 Å². The Balaban J connectivity index is 2.40. The average molecular weight is 448 g/mol. The van der Waals surface area contributed by atoms with Crippen molar-refractivity contribution in [2.45, 2.75) is 65.7 Å². The highest BCUT2D eigenvalue weighted by atomic mass is 35.5. The summed E-state index contributed by atoms with van der Waals surface area (Å²) in [5, 5.41) is 3.90. The fraction of sp³-hybridized carbons (Fsp3) is 0.591. The van der Waals surface area contributed by atoms with Crippen LogP contribution in [0.2, 0.25) is 0 Å². The predicted molar refractivity (Wildman–Crippen MR) is 119 cm³/mol. The summed E-state index contributed by atoms with van der Waals surface area (Å²) in [5.74, 6) is 0.357. The first-order valence-corrected chi connectivity index (χ1v) is 10.9. The minimum Gasteiger partial charge on any atom is -0.490 e. The SMILES string of the molecule is CCCc1cc(OCC=C(Cl)Cl)cc(F)c1OCCCCCCCON=C(C)C. The fourth-order valence-corrected chi connectivity index (χ4v) is 2.80. The molecule has 0 aliphatic rings. The first kappa shape index (κ1) is 25.6. The molecule has 0 N–H and O–H groups in total. The van der Waals surface area contributed by atoms with Crippen LogP contribution in [0.15, 0.2) is 27.9 Å². The Labute approximate surface area is 184 Å². The molecule has 0 radical (unpaired) electrons. The lowest BCUT2D eigenvalue weighted by Gasteiger charge is -2.14. The van der Waals surface area contributed by atoms with E-state index in [1.807, 2.05) is 26.8 Å². The molecule has 1 aromatic carbocycles. The van der Waals surface area contributed by atoms with Gasteiger partial charge >= 0.3 is 0 Å². The minimum atomic E-state index is -0.407. The number of hydrogen-bond donors (Lipinski definition) is 0. The first-order chi connectivity index (χ1) is 13.9. The molecule has 0 spiro atoms. The van der Waals surface area contributed by atoms with E-state index in [2.05, 4.69) is 5.16 Å². The van der Waals surface area contributed by atoms with Gasteiger partial charge in [-0.1, -0.05) is 54.5 Å². The van der Waals surface area contributed by atoms with Gasteiger partial charge in [-0.2, -0.15) is 0 Å². The molecule has 0 bridgehead atoms. The lowest BCUT2D eigenvalue weighted by atomic mass is 10.1. The van der Waals surface area contributed by atoms with Crippen LogP contribution in [0.5, 0.6) is 11.5 Å². The Bertz CT molecular complexity index is 658. The molecule has 7 heteroatoms. The number of rotatable bonds is 15. The number of oxime groups is 1. The van der Waals surface area contributed by atoms with Gasteiger partial charge in [0.15, 0.2) is 11.6 Å². The highest BCUT2D eigenvalue weighted by molar-refractivity contribution is 6.55. The van der Waals surface area contributed by atoms with Crippen molar-refractivity contribution in [1.82, 2.24) is 0 Å². The van der Waals surface area contributed by atoms with E-state index in [9.17, 15) is 4.39 Å². The molecule has 0 aliphatic heterocycles. The van der Waals surface area contributed by atoms with Gasteiger partial charge in [0.25, 0.3) is 0 Å². The molecule has 0 heterocycles. The summed E-state index contributed by atoms with van der Waals surface area (Å²) in [7, 11) is 0. The Morgan fingerprint density at radius 3 is 2.38 bits per heavy atom. The third-order valence-electron chi connectivity index (χ3n) is 3.97. The monoisotopic (exact) mass is 447 g/mol. The molecule has 0 fully saturated rings. The number of nitrogens with zero attached hydrogens (tertiary/aromatic N) is 1. The maximum Gasteiger partial charge on any atom is 0.169 e. The normalized spacial score (nSPS) is 10.4. The molecule has 29 heavy (non-hydrogen) atoms. The van der Waals surface area contributed by atoms with Crippen molar-refractivity contribution in [3.63, 3.8) is 0 Å². The van der Waals surface area contributed by atoms with E-state index < -0.39 is 5.82 Å². The van der Waals surface area contributed by atoms with E-state index in [0.717, 1.165) is 56.2 Å². The number of aryl methyl sites for hydroxylation is 1. The van der Waals surface area contributed by atoms with Crippen molar-refractivity contribution < 1.29 is 18.7 Å². The second-order valence-corrected chi connectivity index (χ2v) is 7.94. The standard InChI is InChI=1S/C22H32Cl2FNO3/c1-4-10-18-15-19(27-14-11-21(23)24)16-20(25)22(18)28-12-8-6-5-7-9-13-29-26-17(2)3/h11,15-16H,4-10,12-14H2,1-3H3. The third-order valence-corrected chi connectivity index (χ3v) is 4.28. The molecule has 0 unspecified atom stereocenters. The van der Waals surface area contributed by atoms with Gasteiger partial charge in [0.2, 0.25) is 0 Å². The smallest absolute Gasteiger partial charge is 0.169 e. The maximum absolute atomic E-state index is 14.5. The van der Waals surface area contributed by atoms with Crippen LogP contribution >= 0.6 is 23.2 Å². The third kappa shape index (κ3) is 12.0. The Morgan fingerprint density at radius 2 is 1.72 bits per heavy atom. The Morgan fingerprint density at radius 1 is 1.03 bits per heavy atom. The van der Waals surface area contributed by atoms with Crippen LogP contribution < -0.4 is 9.47 Å². The molecule has 0 saturated heterocycles. The van der Waals surface area contributed by atoms with Gasteiger partial charge in [-0.05, 0) is 51.7 Å². The quantitative estimate of drug-likeness (QED) is 0.162. The molecule has 1 aromatic rings. The van der Waals surface area contributed by atoms with Crippen LogP contribution in [0.1, 0.15) is 64.9 Å². The molecule has 0 aliphatic carbocycles. The van der Waals surface area contributed by atoms with Gasteiger partial charge in [-0.3, -0.25) is 0 Å². The summed E-state index contributed by atoms with van der Waals surface area (Å²) >= 11 is 11.1. The first-order valence-electron chi connectivity index (χ1n) is 10.2. The van der Waals surface area contributed by atoms with Crippen LogP contribution in [0.25, 0.3) is 0 Å². The van der Waals surface area contributed by atoms with E-state index in [1.54, 1.807) is 0 Å². The fourth-order valence-electron chi connectivity index (χ4n) is 2.67. The number of halogens is 3. The maximum atomic E-state index is 14.5. The van der Waals surface area contributed by atoms with Crippen LogP contribution in [-0.2, 0) is 11.3 Å². The zero-order valence-corrected chi connectivity index (χ0v) is 19.1. The Kier molecular flexibility index (Phi) is 13.6. The van der Waals surface area contributed by atoms with Crippen molar-refractivity contribution in [3.8, 4) is 11.5 Å². The number of hydrogen-bond acceptors (Lipinski definition) is 4. The molecular weight excluding hydrogens is 416 g/mol. The van der Waals surface area contributed by atoms with Gasteiger partial charge < -0.3 is 14.3 Å². The summed E-state index contributed by atoms with van der Waals surface area (Å²) in [4.78, 5) is 5.17. The van der Waals surface area contributed by atoms with Crippen molar-refractivity contribution in [2.24, 2.45) is 5.16 Å². The molecule has 0 atom stereocenters. The molecular formula is C22H32Cl2FNO3. The molecule has 4 nitrogen and oxygen atoms in total. The van der Waals surface area contributed by atoms with Crippen molar-refractivity contribution in [1.29, 1.82) is 0 Å². The second kappa shape index (κ2) is 15.4. The van der Waals surface area contributed by atoms with Gasteiger partial charge in [0.05, 0.1) is 12.3 Å². The summed E-state index contributed by atoms with van der Waals surface area (Å²) in [5.41, 5.74) is 1.74. The summed E-state index contributed by atoms with van der Waals surface area (Å²) < 4.78 is 25.9. The predicted octanol–water partition coefficient (Wildman–Crippen LogP) is 7.22. The molecule has 164 valence electrons. The molecule has 0 aromatic heterocycles. The van der Waals surface area contributed by atoms with Gasteiger partial charge in [0.1, 0.15) is 23.5 Å². The Hall–Kier alpha value is -1.46. The van der Waals surface area contributed by atoms with E-state index in [4.69, 9.17) is 37.5 Å². The van der Waals surface area contributed by atoms with E-state index in [-0.39, 0.29) is 11.1 Å². The molecule has 0 amide bonds. The van der Waals surface area contributed by atoms with Gasteiger partial charge in [-0.25, -0.2) is 4.39 Å². The zero-order valence-electron chi connectivity index (χ0n) is 17.6. The second-order valence-electron chi connectivity index (χ2n) is 6.94. The summed E-state index contributed by atoms with van der Waals surface area (Å²) in [6.07, 6.45) is 8.19. The number of ether oxygens (including phenoxy) is 2. The molecule has 0 saturated carbocycles. The summed E-state index contributed by atoms with van der Waals surface area (Å²) in [6.45, 7) is 7.18. The average Bonchev–Trinajstić information content (AvgIpc) is 2.64. The number of benzene rings is 1. The highest BCUT2D eigenvalue weighted by Crippen LogP contribution is 2.30. The van der Waals surface area contributed by atoms with E-state index in [0.29, 0.717) is 24.7 Å². The van der Waals surface area contributed by atoms with Gasteiger partial charge in [-0.15, -0.1) is 0 Å². The minimum absolute atomic E-state index is 0.122. The van der Waals surface area contributed by atoms with Crippen molar-refractivity contribution >= 4 is 28.9 Å². The highest BCUT2D eigenvalue weighted by Gasteiger charge is 2.13. The molecule has 1 rings (SSSR count). The number of unbranched alkanes of at least 4 members (excludes halogenated alkanes) is 4. The van der Waals surface area contributed by atoms with Crippen LogP contribution in [0.3, 0.4) is 0 Å². The largest absolute Gasteiger partial charge is 0.490 e. The topological polar surface area (TPSA) is 40.0 Å².